The SMILES string of the molecule is CN1C[C@H](C(=O)N[C@]2(C)O[C@@]3(O)[C@@H]4CCCN4C(=O)[C@H](Cc4ccccc4)N3C2=O)[C@H]2C[C@]23c2cccc4[nH]cc(c24)C[C@@H]13.Cl. The van der Waals surface area contributed by atoms with Gasteiger partial charge in [0, 0.05) is 48.1 Å². The summed E-state index contributed by atoms with van der Waals surface area (Å²) in [6, 6.07) is 14.6. The molecule has 3 aromatic rings. The molecule has 6 aliphatic rings. The number of likely N-dealkylation sites (N-methyl/N-ethyl adjacent to an activating group) is 1. The second kappa shape index (κ2) is 9.54. The third-order valence-electron chi connectivity index (χ3n) is 11.7. The molecule has 2 aromatic carbocycles. The van der Waals surface area contributed by atoms with Crippen LogP contribution in [0.25, 0.3) is 10.9 Å². The first-order valence-corrected chi connectivity index (χ1v) is 15.9. The zero-order chi connectivity index (χ0) is 30.2. The number of amides is 3. The second-order valence-corrected chi connectivity index (χ2v) is 14.0. The average molecular weight is 632 g/mol. The van der Waals surface area contributed by atoms with Crippen molar-refractivity contribution in [1.82, 2.24) is 25.0 Å². The molecule has 236 valence electrons. The minimum Gasteiger partial charge on any atom is -0.361 e. The van der Waals surface area contributed by atoms with Crippen LogP contribution in [0.3, 0.4) is 0 Å². The lowest BCUT2D eigenvalue weighted by Crippen LogP contribution is -2.71. The highest BCUT2D eigenvalue weighted by Crippen LogP contribution is 2.67. The summed E-state index contributed by atoms with van der Waals surface area (Å²) in [7, 11) is 2.09. The van der Waals surface area contributed by atoms with Gasteiger partial charge < -0.3 is 25.2 Å². The summed E-state index contributed by atoms with van der Waals surface area (Å²) in [6.07, 6.45) is 5.44. The molecule has 1 spiro atoms. The first kappa shape index (κ1) is 29.0. The van der Waals surface area contributed by atoms with E-state index in [1.807, 2.05) is 30.3 Å². The molecule has 8 atom stereocenters. The molecule has 11 heteroatoms. The van der Waals surface area contributed by atoms with E-state index in [0.717, 1.165) is 23.9 Å². The van der Waals surface area contributed by atoms with Crippen LogP contribution in [-0.4, -0.2) is 92.4 Å². The number of aromatic amines is 1. The van der Waals surface area contributed by atoms with E-state index < -0.39 is 29.6 Å². The number of carbonyl (C=O) groups is 3. The Kier molecular flexibility index (Phi) is 6.15. The maximum atomic E-state index is 14.3. The molecule has 0 bridgehead atoms. The lowest BCUT2D eigenvalue weighted by atomic mass is 9.71. The van der Waals surface area contributed by atoms with Gasteiger partial charge in [-0.2, -0.15) is 0 Å². The van der Waals surface area contributed by atoms with Crippen LogP contribution in [0.15, 0.2) is 54.7 Å². The minimum atomic E-state index is -2.03. The number of benzene rings is 2. The number of nitrogens with one attached hydrogen (secondary N) is 2. The summed E-state index contributed by atoms with van der Waals surface area (Å²) in [4.78, 5) is 50.9. The Hall–Kier alpha value is -3.44. The molecule has 5 fully saturated rings. The zero-order valence-corrected chi connectivity index (χ0v) is 26.2. The van der Waals surface area contributed by atoms with Crippen molar-refractivity contribution < 1.29 is 24.2 Å². The maximum Gasteiger partial charge on any atom is 0.280 e. The highest BCUT2D eigenvalue weighted by molar-refractivity contribution is 5.97. The van der Waals surface area contributed by atoms with Gasteiger partial charge in [0.2, 0.25) is 17.5 Å². The number of ether oxygens (including phenoxy) is 1. The topological polar surface area (TPSA) is 118 Å². The quantitative estimate of drug-likeness (QED) is 0.407. The fraction of sp³-hybridized carbons (Fsp3) is 0.500. The lowest BCUT2D eigenvalue weighted by molar-refractivity contribution is -0.315. The van der Waals surface area contributed by atoms with Crippen LogP contribution in [0, 0.1) is 11.8 Å². The summed E-state index contributed by atoms with van der Waals surface area (Å²) in [5, 5.41) is 16.4. The van der Waals surface area contributed by atoms with Crippen LogP contribution in [0.2, 0.25) is 0 Å². The zero-order valence-electron chi connectivity index (χ0n) is 25.4. The Morgan fingerprint density at radius 2 is 1.93 bits per heavy atom. The molecule has 10 nitrogen and oxygen atoms in total. The van der Waals surface area contributed by atoms with E-state index in [-0.39, 0.29) is 47.9 Å². The normalized spacial score (nSPS) is 37.9. The smallest absolute Gasteiger partial charge is 0.280 e. The molecular weight excluding hydrogens is 594 g/mol. The van der Waals surface area contributed by atoms with E-state index in [4.69, 9.17) is 4.74 Å². The molecule has 1 aromatic heterocycles. The number of rotatable bonds is 4. The standard InChI is InChI=1S/C34H37N5O5.ClH/c1-32(31(42)39-25(14-19-8-4-3-5-9-19)30(41)38-13-7-12-26(38)34(39,43)44-32)36-29(40)21-18-37(2)27-15-20-17-35-24-11-6-10-22(28(20)24)33(27)16-23(21)33;/h3-6,8-11,17,21,23,25-27,35,43H,7,12-16,18H2,1-2H3,(H,36,40);1H/t21-,23+,25-,26-,27+,32+,33-,34-;/m0./s1. The molecule has 45 heavy (non-hydrogen) atoms. The Balaban J connectivity index is 0.00000300. The Labute approximate surface area is 267 Å². The van der Waals surface area contributed by atoms with E-state index in [0.29, 0.717) is 32.0 Å². The molecule has 5 heterocycles. The monoisotopic (exact) mass is 631 g/mol. The van der Waals surface area contributed by atoms with Gasteiger partial charge >= 0.3 is 0 Å². The van der Waals surface area contributed by atoms with Gasteiger partial charge in [0.1, 0.15) is 12.1 Å². The van der Waals surface area contributed by atoms with Gasteiger partial charge in [-0.15, -0.1) is 12.4 Å². The molecule has 2 aliphatic carbocycles. The number of hydrogen-bond donors (Lipinski definition) is 3. The minimum absolute atomic E-state index is 0. The lowest BCUT2D eigenvalue weighted by Gasteiger charge is -2.48. The second-order valence-electron chi connectivity index (χ2n) is 14.0. The number of carbonyl (C=O) groups excluding carboxylic acids is 3. The Morgan fingerprint density at radius 1 is 1.13 bits per heavy atom. The molecule has 0 unspecified atom stereocenters. The predicted octanol–water partition coefficient (Wildman–Crippen LogP) is 2.29. The van der Waals surface area contributed by atoms with E-state index in [9.17, 15) is 19.5 Å². The van der Waals surface area contributed by atoms with Crippen molar-refractivity contribution in [3.8, 4) is 0 Å². The molecule has 9 rings (SSSR count). The van der Waals surface area contributed by atoms with Gasteiger partial charge in [-0.3, -0.25) is 24.0 Å². The molecule has 0 radical (unpaired) electrons. The molecule has 3 N–H and O–H groups in total. The van der Waals surface area contributed by atoms with Gasteiger partial charge in [-0.25, -0.2) is 0 Å². The van der Waals surface area contributed by atoms with Crippen LogP contribution in [0.5, 0.6) is 0 Å². The Bertz CT molecular complexity index is 1750. The molecule has 4 saturated heterocycles. The van der Waals surface area contributed by atoms with Gasteiger partial charge in [0.15, 0.2) is 0 Å². The van der Waals surface area contributed by atoms with Gasteiger partial charge in [-0.05, 0) is 68.3 Å². The number of halogens is 1. The van der Waals surface area contributed by atoms with E-state index >= 15 is 0 Å². The van der Waals surface area contributed by atoms with Crippen LogP contribution in [0.1, 0.15) is 42.9 Å². The van der Waals surface area contributed by atoms with Crippen molar-refractivity contribution in [2.75, 3.05) is 20.1 Å². The molecule has 3 amide bonds. The Morgan fingerprint density at radius 3 is 2.73 bits per heavy atom. The van der Waals surface area contributed by atoms with Crippen LogP contribution in [-0.2, 0) is 37.4 Å². The number of aliphatic hydroxyl groups is 1. The molecular formula is C34H38ClN5O5. The number of fused-ring (bicyclic) bond motifs is 3. The number of likely N-dealkylation sites (tertiary alicyclic amines) is 1. The maximum absolute atomic E-state index is 14.3. The number of piperidine rings is 1. The summed E-state index contributed by atoms with van der Waals surface area (Å²) < 4.78 is 6.30. The van der Waals surface area contributed by atoms with Crippen LogP contribution >= 0.6 is 12.4 Å². The van der Waals surface area contributed by atoms with Gasteiger partial charge in [0.25, 0.3) is 11.8 Å². The summed E-state index contributed by atoms with van der Waals surface area (Å²) in [5.74, 6) is -3.26. The van der Waals surface area contributed by atoms with Crippen LogP contribution < -0.4 is 5.32 Å². The largest absolute Gasteiger partial charge is 0.361 e. The van der Waals surface area contributed by atoms with Crippen molar-refractivity contribution >= 4 is 41.0 Å². The van der Waals surface area contributed by atoms with Gasteiger partial charge in [0.05, 0.1) is 5.92 Å². The third-order valence-corrected chi connectivity index (χ3v) is 11.7. The summed E-state index contributed by atoms with van der Waals surface area (Å²) in [5.41, 5.74) is 2.73. The highest BCUT2D eigenvalue weighted by Gasteiger charge is 2.72. The molecule has 1 saturated carbocycles. The number of H-pyrrole nitrogens is 1. The number of hydrogen-bond acceptors (Lipinski definition) is 6. The third kappa shape index (κ3) is 3.71. The number of aromatic nitrogens is 1. The van der Waals surface area contributed by atoms with Gasteiger partial charge in [-0.1, -0.05) is 42.5 Å². The number of nitrogens with zero attached hydrogens (tertiary/aromatic N) is 3. The van der Waals surface area contributed by atoms with Crippen molar-refractivity contribution in [3.63, 3.8) is 0 Å². The van der Waals surface area contributed by atoms with Crippen molar-refractivity contribution in [2.24, 2.45) is 11.8 Å². The predicted molar refractivity (Wildman–Crippen MR) is 167 cm³/mol. The summed E-state index contributed by atoms with van der Waals surface area (Å²) in [6.45, 7) is 2.60. The first-order chi connectivity index (χ1) is 21.2. The van der Waals surface area contributed by atoms with E-state index in [1.165, 1.54) is 28.3 Å². The fourth-order valence-corrected chi connectivity index (χ4v) is 9.76. The van der Waals surface area contributed by atoms with Crippen molar-refractivity contribution in [2.45, 2.75) is 74.2 Å². The van der Waals surface area contributed by atoms with Crippen molar-refractivity contribution in [1.29, 1.82) is 0 Å². The first-order valence-electron chi connectivity index (χ1n) is 15.9. The molecule has 4 aliphatic heterocycles. The van der Waals surface area contributed by atoms with Crippen molar-refractivity contribution in [3.05, 3.63) is 71.4 Å². The highest BCUT2D eigenvalue weighted by atomic mass is 35.5. The van der Waals surface area contributed by atoms with E-state index in [2.05, 4.69) is 46.6 Å². The van der Waals surface area contributed by atoms with E-state index in [1.54, 1.807) is 4.90 Å². The number of piperazine rings is 1. The average Bonchev–Trinajstić information content (AvgIpc) is 3.28. The summed E-state index contributed by atoms with van der Waals surface area (Å²) >= 11 is 0. The fourth-order valence-electron chi connectivity index (χ4n) is 9.76. The van der Waals surface area contributed by atoms with Crippen LogP contribution in [0.4, 0.5) is 0 Å².